The van der Waals surface area contributed by atoms with Gasteiger partial charge < -0.3 is 9.64 Å². The Morgan fingerprint density at radius 1 is 0.900 bits per heavy atom. The highest BCUT2D eigenvalue weighted by Crippen LogP contribution is 2.30. The predicted octanol–water partition coefficient (Wildman–Crippen LogP) is 2.46. The van der Waals surface area contributed by atoms with Crippen LogP contribution in [0.1, 0.15) is 30.4 Å². The van der Waals surface area contributed by atoms with E-state index >= 15 is 0 Å². The Balaban J connectivity index is 1.23. The number of aromatic nitrogens is 2. The van der Waals surface area contributed by atoms with E-state index in [0.29, 0.717) is 24.8 Å². The Hall–Kier alpha value is -2.19. The molecule has 1 aromatic heterocycles. The molecule has 5 rings (SSSR count). The minimum atomic E-state index is -2.91. The molecule has 0 bridgehead atoms. The van der Waals surface area contributed by atoms with Crippen molar-refractivity contribution in [2.45, 2.75) is 38.1 Å². The Labute approximate surface area is 178 Å². The number of rotatable bonds is 4. The van der Waals surface area contributed by atoms with E-state index in [4.69, 9.17) is 4.74 Å². The maximum atomic E-state index is 11.6. The highest BCUT2D eigenvalue weighted by Gasteiger charge is 2.26. The standard InChI is InChI=1S/C22H28N4O3S/c27-30(28)12-10-26(11-13-30)22-23-15-21(16-24-22)29-20-5-4-17-6-8-25(19-2-1-3-19)9-7-18(17)14-20/h4-5,14-16,19H,1-3,6-13H2. The van der Waals surface area contributed by atoms with E-state index in [1.54, 1.807) is 12.4 Å². The van der Waals surface area contributed by atoms with Gasteiger partial charge in [-0.1, -0.05) is 12.5 Å². The average Bonchev–Trinajstić information content (AvgIpc) is 2.90. The number of hydrogen-bond acceptors (Lipinski definition) is 7. The molecule has 0 atom stereocenters. The van der Waals surface area contributed by atoms with Crippen LogP contribution in [-0.4, -0.2) is 67.0 Å². The molecule has 0 spiro atoms. The largest absolute Gasteiger partial charge is 0.454 e. The summed E-state index contributed by atoms with van der Waals surface area (Å²) in [5.41, 5.74) is 2.80. The molecular formula is C22H28N4O3S. The van der Waals surface area contributed by atoms with Gasteiger partial charge in [0.1, 0.15) is 5.75 Å². The predicted molar refractivity (Wildman–Crippen MR) is 116 cm³/mol. The van der Waals surface area contributed by atoms with Gasteiger partial charge in [-0.05, 0) is 48.9 Å². The average molecular weight is 429 g/mol. The first kappa shape index (κ1) is 19.8. The summed E-state index contributed by atoms with van der Waals surface area (Å²) in [7, 11) is -2.91. The van der Waals surface area contributed by atoms with E-state index in [-0.39, 0.29) is 11.5 Å². The second-order valence-electron chi connectivity index (χ2n) is 8.51. The number of sulfone groups is 1. The highest BCUT2D eigenvalue weighted by atomic mass is 32.2. The molecule has 0 radical (unpaired) electrons. The van der Waals surface area contributed by atoms with E-state index in [0.717, 1.165) is 37.7 Å². The number of anilines is 1. The van der Waals surface area contributed by atoms with Crippen LogP contribution in [0.3, 0.4) is 0 Å². The second-order valence-corrected chi connectivity index (χ2v) is 10.8. The van der Waals surface area contributed by atoms with Gasteiger partial charge in [0.05, 0.1) is 23.9 Å². The molecule has 0 unspecified atom stereocenters. The lowest BCUT2D eigenvalue weighted by molar-refractivity contribution is 0.133. The Bertz CT molecular complexity index is 992. The number of hydrogen-bond donors (Lipinski definition) is 0. The molecule has 7 nitrogen and oxygen atoms in total. The van der Waals surface area contributed by atoms with Crippen LogP contribution in [0.4, 0.5) is 5.95 Å². The molecule has 160 valence electrons. The zero-order valence-corrected chi connectivity index (χ0v) is 18.0. The molecule has 0 N–H and O–H groups in total. The Morgan fingerprint density at radius 3 is 2.27 bits per heavy atom. The number of benzene rings is 1. The van der Waals surface area contributed by atoms with E-state index < -0.39 is 9.84 Å². The van der Waals surface area contributed by atoms with Gasteiger partial charge in [0.2, 0.25) is 5.95 Å². The van der Waals surface area contributed by atoms with Crippen LogP contribution >= 0.6 is 0 Å². The van der Waals surface area contributed by atoms with Gasteiger partial charge in [0, 0.05) is 32.2 Å². The molecule has 1 aliphatic carbocycles. The monoisotopic (exact) mass is 428 g/mol. The molecule has 1 aromatic carbocycles. The third kappa shape index (κ3) is 4.30. The molecule has 2 fully saturated rings. The van der Waals surface area contributed by atoms with Crippen molar-refractivity contribution < 1.29 is 13.2 Å². The van der Waals surface area contributed by atoms with Crippen LogP contribution in [-0.2, 0) is 22.7 Å². The minimum Gasteiger partial charge on any atom is -0.454 e. The minimum absolute atomic E-state index is 0.155. The Kier molecular flexibility index (Phi) is 5.37. The Morgan fingerprint density at radius 2 is 1.60 bits per heavy atom. The number of nitrogens with zero attached hydrogens (tertiary/aromatic N) is 4. The van der Waals surface area contributed by atoms with Crippen LogP contribution in [0.15, 0.2) is 30.6 Å². The first-order valence-electron chi connectivity index (χ1n) is 10.9. The van der Waals surface area contributed by atoms with Crippen molar-refractivity contribution in [3.05, 3.63) is 41.7 Å². The summed E-state index contributed by atoms with van der Waals surface area (Å²) in [6, 6.07) is 7.17. The smallest absolute Gasteiger partial charge is 0.225 e. The van der Waals surface area contributed by atoms with Crippen molar-refractivity contribution in [1.29, 1.82) is 0 Å². The molecule has 30 heavy (non-hydrogen) atoms. The summed E-state index contributed by atoms with van der Waals surface area (Å²) < 4.78 is 29.2. The highest BCUT2D eigenvalue weighted by molar-refractivity contribution is 7.91. The number of fused-ring (bicyclic) bond motifs is 1. The van der Waals surface area contributed by atoms with Crippen molar-refractivity contribution in [1.82, 2.24) is 14.9 Å². The molecule has 2 aliphatic heterocycles. The maximum Gasteiger partial charge on any atom is 0.225 e. The molecule has 0 amide bonds. The molecule has 2 aromatic rings. The van der Waals surface area contributed by atoms with Gasteiger partial charge in [0.25, 0.3) is 0 Å². The first-order valence-corrected chi connectivity index (χ1v) is 12.7. The van der Waals surface area contributed by atoms with Crippen molar-refractivity contribution >= 4 is 15.8 Å². The number of ether oxygens (including phenoxy) is 1. The van der Waals surface area contributed by atoms with Gasteiger partial charge in [-0.25, -0.2) is 18.4 Å². The fourth-order valence-electron chi connectivity index (χ4n) is 4.47. The summed E-state index contributed by atoms with van der Waals surface area (Å²) in [6.07, 6.45) is 9.59. The fourth-order valence-corrected chi connectivity index (χ4v) is 5.67. The lowest BCUT2D eigenvalue weighted by Crippen LogP contribution is -2.41. The van der Waals surface area contributed by atoms with Crippen molar-refractivity contribution in [2.75, 3.05) is 42.6 Å². The summed E-state index contributed by atoms with van der Waals surface area (Å²) in [5.74, 6) is 2.26. The quantitative estimate of drug-likeness (QED) is 0.740. The van der Waals surface area contributed by atoms with Gasteiger partial charge >= 0.3 is 0 Å². The van der Waals surface area contributed by atoms with Crippen LogP contribution in [0.25, 0.3) is 0 Å². The summed E-state index contributed by atoms with van der Waals surface area (Å²) in [5, 5.41) is 0. The maximum absolute atomic E-state index is 11.6. The van der Waals surface area contributed by atoms with E-state index in [1.807, 2.05) is 11.0 Å². The molecule has 1 saturated heterocycles. The lowest BCUT2D eigenvalue weighted by atomic mass is 9.91. The van der Waals surface area contributed by atoms with Gasteiger partial charge in [0.15, 0.2) is 15.6 Å². The van der Waals surface area contributed by atoms with Crippen molar-refractivity contribution in [3.63, 3.8) is 0 Å². The van der Waals surface area contributed by atoms with E-state index in [9.17, 15) is 8.42 Å². The molecule has 1 saturated carbocycles. The van der Waals surface area contributed by atoms with Crippen molar-refractivity contribution in [3.8, 4) is 11.5 Å². The van der Waals surface area contributed by atoms with Crippen LogP contribution in [0.2, 0.25) is 0 Å². The second kappa shape index (κ2) is 8.15. The van der Waals surface area contributed by atoms with E-state index in [1.165, 1.54) is 30.4 Å². The summed E-state index contributed by atoms with van der Waals surface area (Å²) in [4.78, 5) is 13.3. The van der Waals surface area contributed by atoms with E-state index in [2.05, 4.69) is 27.0 Å². The molecular weight excluding hydrogens is 400 g/mol. The third-order valence-corrected chi connectivity index (χ3v) is 8.19. The van der Waals surface area contributed by atoms with Crippen LogP contribution in [0.5, 0.6) is 11.5 Å². The van der Waals surface area contributed by atoms with Crippen LogP contribution < -0.4 is 9.64 Å². The summed E-state index contributed by atoms with van der Waals surface area (Å²) >= 11 is 0. The normalized spacial score (nSPS) is 22.1. The topological polar surface area (TPSA) is 75.6 Å². The first-order chi connectivity index (χ1) is 14.6. The molecule has 3 aliphatic rings. The lowest BCUT2D eigenvalue weighted by Gasteiger charge is -2.36. The molecule has 3 heterocycles. The van der Waals surface area contributed by atoms with Crippen LogP contribution in [0, 0.1) is 0 Å². The van der Waals surface area contributed by atoms with Gasteiger partial charge in [-0.15, -0.1) is 0 Å². The van der Waals surface area contributed by atoms with Crippen molar-refractivity contribution in [2.24, 2.45) is 0 Å². The molecule has 8 heteroatoms. The SMILES string of the molecule is O=S1(=O)CCN(c2ncc(Oc3ccc4c(c3)CCN(C3CCC3)CC4)cn2)CC1. The third-order valence-electron chi connectivity index (χ3n) is 6.58. The van der Waals surface area contributed by atoms with Gasteiger partial charge in [-0.3, -0.25) is 4.90 Å². The zero-order valence-electron chi connectivity index (χ0n) is 17.2. The van der Waals surface area contributed by atoms with Gasteiger partial charge in [-0.2, -0.15) is 0 Å². The zero-order chi connectivity index (χ0) is 20.6. The summed E-state index contributed by atoms with van der Waals surface area (Å²) in [6.45, 7) is 3.16. The fraction of sp³-hybridized carbons (Fsp3) is 0.545.